The molecule has 2 aliphatic rings. The molecule has 90 valence electrons. The van der Waals surface area contributed by atoms with Crippen molar-refractivity contribution >= 4 is 0 Å². The van der Waals surface area contributed by atoms with Crippen LogP contribution in [0.3, 0.4) is 0 Å². The minimum atomic E-state index is 0.257. The Morgan fingerprint density at radius 1 is 1.31 bits per heavy atom. The highest BCUT2D eigenvalue weighted by Gasteiger charge is 2.31. The predicted octanol–water partition coefficient (Wildman–Crippen LogP) is 1.75. The van der Waals surface area contributed by atoms with Crippen LogP contribution in [0.4, 0.5) is 0 Å². The average Bonchev–Trinajstić information content (AvgIpc) is 2.87. The van der Waals surface area contributed by atoms with Crippen molar-refractivity contribution in [3.8, 4) is 6.07 Å². The van der Waals surface area contributed by atoms with Gasteiger partial charge in [0, 0.05) is 24.7 Å². The molecule has 1 aliphatic carbocycles. The first-order valence-corrected chi connectivity index (χ1v) is 6.60. The molecule has 1 saturated carbocycles. The summed E-state index contributed by atoms with van der Waals surface area (Å²) < 4.78 is 0. The molecule has 0 bridgehead atoms. The molecule has 0 aromatic rings. The van der Waals surface area contributed by atoms with Crippen LogP contribution in [-0.4, -0.2) is 36.1 Å². The van der Waals surface area contributed by atoms with Crippen molar-refractivity contribution in [1.29, 1.82) is 5.26 Å². The van der Waals surface area contributed by atoms with Crippen LogP contribution in [0.1, 0.15) is 39.5 Å². The average molecular weight is 221 g/mol. The van der Waals surface area contributed by atoms with Crippen LogP contribution in [-0.2, 0) is 0 Å². The summed E-state index contributed by atoms with van der Waals surface area (Å²) in [5.41, 5.74) is 0. The fraction of sp³-hybridized carbons (Fsp3) is 0.923. The Kier molecular flexibility index (Phi) is 3.83. The molecular weight excluding hydrogens is 198 g/mol. The van der Waals surface area contributed by atoms with E-state index >= 15 is 0 Å². The summed E-state index contributed by atoms with van der Waals surface area (Å²) in [6, 6.07) is 4.17. The molecule has 1 aliphatic heterocycles. The number of likely N-dealkylation sites (tertiary alicyclic amines) is 1. The van der Waals surface area contributed by atoms with E-state index in [4.69, 9.17) is 5.26 Å². The SMILES string of the molecule is CC(C)N1CCC(NC2CCCC2C#N)C1. The standard InChI is InChI=1S/C13H23N3/c1-10(2)16-7-6-12(9-16)15-13-5-3-4-11(13)8-14/h10-13,15H,3-7,9H2,1-2H3. The van der Waals surface area contributed by atoms with Crippen molar-refractivity contribution in [2.24, 2.45) is 5.92 Å². The Morgan fingerprint density at radius 3 is 2.75 bits per heavy atom. The molecule has 0 aromatic carbocycles. The maximum atomic E-state index is 9.05. The molecule has 3 heteroatoms. The smallest absolute Gasteiger partial charge is 0.0672 e. The summed E-state index contributed by atoms with van der Waals surface area (Å²) in [6.45, 7) is 6.89. The van der Waals surface area contributed by atoms with E-state index in [2.05, 4.69) is 30.1 Å². The first kappa shape index (κ1) is 11.9. The molecule has 2 rings (SSSR count). The van der Waals surface area contributed by atoms with Gasteiger partial charge in [0.15, 0.2) is 0 Å². The van der Waals surface area contributed by atoms with Gasteiger partial charge in [-0.1, -0.05) is 6.42 Å². The van der Waals surface area contributed by atoms with Crippen LogP contribution in [0.25, 0.3) is 0 Å². The van der Waals surface area contributed by atoms with Crippen molar-refractivity contribution < 1.29 is 0 Å². The van der Waals surface area contributed by atoms with Crippen molar-refractivity contribution in [3.05, 3.63) is 0 Å². The second kappa shape index (κ2) is 5.16. The van der Waals surface area contributed by atoms with E-state index in [1.54, 1.807) is 0 Å². The molecule has 3 atom stereocenters. The molecule has 3 unspecified atom stereocenters. The molecule has 0 amide bonds. The molecule has 16 heavy (non-hydrogen) atoms. The monoisotopic (exact) mass is 221 g/mol. The summed E-state index contributed by atoms with van der Waals surface area (Å²) in [6.07, 6.45) is 4.74. The summed E-state index contributed by atoms with van der Waals surface area (Å²) >= 11 is 0. The summed E-state index contributed by atoms with van der Waals surface area (Å²) in [4.78, 5) is 2.52. The van der Waals surface area contributed by atoms with E-state index in [1.165, 1.54) is 25.8 Å². The van der Waals surface area contributed by atoms with Crippen molar-refractivity contribution in [2.75, 3.05) is 13.1 Å². The molecular formula is C13H23N3. The van der Waals surface area contributed by atoms with E-state index < -0.39 is 0 Å². The molecule has 0 radical (unpaired) electrons. The van der Waals surface area contributed by atoms with Crippen LogP contribution in [0.5, 0.6) is 0 Å². The van der Waals surface area contributed by atoms with Crippen molar-refractivity contribution in [3.63, 3.8) is 0 Å². The summed E-state index contributed by atoms with van der Waals surface area (Å²) in [7, 11) is 0. The van der Waals surface area contributed by atoms with E-state index in [1.807, 2.05) is 0 Å². The fourth-order valence-corrected chi connectivity index (χ4v) is 3.01. The molecule has 0 spiro atoms. The third-order valence-corrected chi connectivity index (χ3v) is 4.08. The van der Waals surface area contributed by atoms with Crippen LogP contribution >= 0.6 is 0 Å². The summed E-state index contributed by atoms with van der Waals surface area (Å²) in [5, 5.41) is 12.7. The highest BCUT2D eigenvalue weighted by atomic mass is 15.2. The highest BCUT2D eigenvalue weighted by Crippen LogP contribution is 2.26. The van der Waals surface area contributed by atoms with Gasteiger partial charge in [0.1, 0.15) is 0 Å². The third kappa shape index (κ3) is 2.56. The maximum absolute atomic E-state index is 9.05. The van der Waals surface area contributed by atoms with Gasteiger partial charge in [0.05, 0.1) is 12.0 Å². The van der Waals surface area contributed by atoms with Crippen LogP contribution in [0.15, 0.2) is 0 Å². The number of hydrogen-bond acceptors (Lipinski definition) is 3. The van der Waals surface area contributed by atoms with E-state index in [-0.39, 0.29) is 5.92 Å². The first-order chi connectivity index (χ1) is 7.70. The second-order valence-electron chi connectivity index (χ2n) is 5.51. The van der Waals surface area contributed by atoms with Gasteiger partial charge in [-0.25, -0.2) is 0 Å². The van der Waals surface area contributed by atoms with Gasteiger partial charge in [-0.3, -0.25) is 4.90 Å². The van der Waals surface area contributed by atoms with E-state index in [9.17, 15) is 0 Å². The molecule has 0 aromatic heterocycles. The highest BCUT2D eigenvalue weighted by molar-refractivity contribution is 4.98. The lowest BCUT2D eigenvalue weighted by molar-refractivity contribution is 0.263. The second-order valence-corrected chi connectivity index (χ2v) is 5.51. The van der Waals surface area contributed by atoms with Gasteiger partial charge >= 0.3 is 0 Å². The zero-order valence-corrected chi connectivity index (χ0v) is 10.4. The molecule has 1 heterocycles. The van der Waals surface area contributed by atoms with Gasteiger partial charge in [-0.05, 0) is 39.7 Å². The fourth-order valence-electron chi connectivity index (χ4n) is 3.01. The Balaban J connectivity index is 1.81. The van der Waals surface area contributed by atoms with Crippen molar-refractivity contribution in [2.45, 2.75) is 57.7 Å². The lowest BCUT2D eigenvalue weighted by atomic mass is 10.0. The van der Waals surface area contributed by atoms with Gasteiger partial charge < -0.3 is 5.32 Å². The van der Waals surface area contributed by atoms with Crippen molar-refractivity contribution in [1.82, 2.24) is 10.2 Å². The van der Waals surface area contributed by atoms with Gasteiger partial charge in [-0.15, -0.1) is 0 Å². The summed E-state index contributed by atoms with van der Waals surface area (Å²) in [5.74, 6) is 0.257. The minimum absolute atomic E-state index is 0.257. The van der Waals surface area contributed by atoms with Gasteiger partial charge in [0.25, 0.3) is 0 Å². The number of nitriles is 1. The molecule has 1 N–H and O–H groups in total. The topological polar surface area (TPSA) is 39.1 Å². The number of rotatable bonds is 3. The lowest BCUT2D eigenvalue weighted by Gasteiger charge is -2.23. The minimum Gasteiger partial charge on any atom is -0.309 e. The number of nitrogens with zero attached hydrogens (tertiary/aromatic N) is 2. The number of nitrogens with one attached hydrogen (secondary N) is 1. The third-order valence-electron chi connectivity index (χ3n) is 4.08. The van der Waals surface area contributed by atoms with Crippen LogP contribution < -0.4 is 5.32 Å². The van der Waals surface area contributed by atoms with E-state index in [0.29, 0.717) is 18.1 Å². The zero-order chi connectivity index (χ0) is 11.5. The van der Waals surface area contributed by atoms with E-state index in [0.717, 1.165) is 13.0 Å². The molecule has 2 fully saturated rings. The van der Waals surface area contributed by atoms with Crippen LogP contribution in [0.2, 0.25) is 0 Å². The lowest BCUT2D eigenvalue weighted by Crippen LogP contribution is -2.42. The zero-order valence-electron chi connectivity index (χ0n) is 10.4. The van der Waals surface area contributed by atoms with Crippen LogP contribution in [0, 0.1) is 17.2 Å². The molecule has 1 saturated heterocycles. The Labute approximate surface area is 98.8 Å². The quantitative estimate of drug-likeness (QED) is 0.789. The Hall–Kier alpha value is -0.590. The maximum Gasteiger partial charge on any atom is 0.0672 e. The van der Waals surface area contributed by atoms with Gasteiger partial charge in [-0.2, -0.15) is 5.26 Å². The Morgan fingerprint density at radius 2 is 2.12 bits per heavy atom. The first-order valence-electron chi connectivity index (χ1n) is 6.60. The van der Waals surface area contributed by atoms with Gasteiger partial charge in [0.2, 0.25) is 0 Å². The molecule has 3 nitrogen and oxygen atoms in total. The number of hydrogen-bond donors (Lipinski definition) is 1. The normalized spacial score (nSPS) is 35.8. The predicted molar refractivity (Wildman–Crippen MR) is 65.0 cm³/mol. The Bertz CT molecular complexity index is 269. The largest absolute Gasteiger partial charge is 0.309 e.